The number of halogens is 2. The lowest BCUT2D eigenvalue weighted by Crippen LogP contribution is -2.09. The number of hydrogen-bond donors (Lipinski definition) is 3. The average Bonchev–Trinajstić information content (AvgIpc) is 3.27. The van der Waals surface area contributed by atoms with Crippen molar-refractivity contribution in [2.45, 2.75) is 32.7 Å². The second kappa shape index (κ2) is 8.36. The summed E-state index contributed by atoms with van der Waals surface area (Å²) in [6, 6.07) is 5.50. The third kappa shape index (κ3) is 3.88. The molecule has 8 nitrogen and oxygen atoms in total. The number of hydrogen-bond acceptors (Lipinski definition) is 6. The lowest BCUT2D eigenvalue weighted by molar-refractivity contribution is 0.0693. The summed E-state index contributed by atoms with van der Waals surface area (Å²) in [4.78, 5) is 24.1. The van der Waals surface area contributed by atoms with E-state index in [9.17, 15) is 28.6 Å². The zero-order valence-electron chi connectivity index (χ0n) is 15.9. The average molecular weight is 419 g/mol. The Morgan fingerprint density at radius 3 is 2.50 bits per heavy atom. The molecule has 0 bridgehead atoms. The second-order valence-electron chi connectivity index (χ2n) is 6.53. The number of ketones is 1. The van der Waals surface area contributed by atoms with Gasteiger partial charge in [-0.05, 0) is 31.2 Å². The normalized spacial score (nSPS) is 11.2. The first-order valence-electron chi connectivity index (χ1n) is 9.05. The standard InChI is InChI=1S/C20H19F2N3O5/c1-2-25-9-12(15(19(25)23)20(28)29)13(27)7-8-14-16(18(21)22)17(24-30-14)10-3-5-11(26)6-4-10/h3-6,9,18,26H,2,7-8,23H2,1H3,(H,28,29). The third-order valence-corrected chi connectivity index (χ3v) is 4.72. The zero-order valence-corrected chi connectivity index (χ0v) is 15.9. The Morgan fingerprint density at radius 2 is 1.93 bits per heavy atom. The SMILES string of the molecule is CCn1cc(C(=O)CCc2onc(-c3ccc(O)cc3)c2C(F)F)c(C(=O)O)c1N. The third-order valence-electron chi connectivity index (χ3n) is 4.72. The van der Waals surface area contributed by atoms with E-state index in [-0.39, 0.29) is 47.0 Å². The predicted octanol–water partition coefficient (Wildman–Crippen LogP) is 3.90. The summed E-state index contributed by atoms with van der Waals surface area (Å²) in [6.45, 7) is 2.11. The van der Waals surface area contributed by atoms with Gasteiger partial charge in [0.25, 0.3) is 6.43 Å². The van der Waals surface area contributed by atoms with Crippen molar-refractivity contribution in [3.8, 4) is 17.0 Å². The largest absolute Gasteiger partial charge is 0.508 e. The number of nitrogens with two attached hydrogens (primary N) is 1. The topological polar surface area (TPSA) is 132 Å². The number of carboxylic acids is 1. The number of benzene rings is 1. The number of carbonyl (C=O) groups excluding carboxylic acids is 1. The highest BCUT2D eigenvalue weighted by molar-refractivity contribution is 6.08. The molecule has 4 N–H and O–H groups in total. The van der Waals surface area contributed by atoms with Crippen molar-refractivity contribution < 1.29 is 33.1 Å². The van der Waals surface area contributed by atoms with Gasteiger partial charge in [0.2, 0.25) is 0 Å². The van der Waals surface area contributed by atoms with Gasteiger partial charge in [-0.15, -0.1) is 0 Å². The fourth-order valence-electron chi connectivity index (χ4n) is 3.20. The maximum Gasteiger partial charge on any atom is 0.340 e. The highest BCUT2D eigenvalue weighted by Gasteiger charge is 2.28. The number of phenolic OH excluding ortho intramolecular Hbond substituents is 1. The fraction of sp³-hybridized carbons (Fsp3) is 0.250. The van der Waals surface area contributed by atoms with Crippen molar-refractivity contribution in [3.63, 3.8) is 0 Å². The number of nitrogen functional groups attached to an aromatic ring is 1. The van der Waals surface area contributed by atoms with Crippen LogP contribution in [-0.4, -0.2) is 31.7 Å². The molecule has 30 heavy (non-hydrogen) atoms. The summed E-state index contributed by atoms with van der Waals surface area (Å²) in [6.07, 6.45) is -2.02. The zero-order chi connectivity index (χ0) is 22.0. The highest BCUT2D eigenvalue weighted by Crippen LogP contribution is 2.35. The van der Waals surface area contributed by atoms with Gasteiger partial charge in [0.15, 0.2) is 5.78 Å². The molecule has 0 saturated carbocycles. The Bertz CT molecular complexity index is 1090. The Hall–Kier alpha value is -3.69. The van der Waals surface area contributed by atoms with Gasteiger partial charge in [-0.25, -0.2) is 13.6 Å². The number of aromatic hydroxyl groups is 1. The molecule has 0 fully saturated rings. The number of anilines is 1. The number of Topliss-reactive ketones (excluding diaryl/α,β-unsaturated/α-hetero) is 1. The van der Waals surface area contributed by atoms with E-state index in [4.69, 9.17) is 10.3 Å². The van der Waals surface area contributed by atoms with Gasteiger partial charge in [-0.1, -0.05) is 5.16 Å². The van der Waals surface area contributed by atoms with Crippen molar-refractivity contribution in [1.82, 2.24) is 9.72 Å². The quantitative estimate of drug-likeness (QED) is 0.472. The first-order chi connectivity index (χ1) is 14.2. The molecular formula is C20H19F2N3O5. The Labute approximate surface area is 169 Å². The van der Waals surface area contributed by atoms with Crippen LogP contribution in [-0.2, 0) is 13.0 Å². The van der Waals surface area contributed by atoms with E-state index in [0.29, 0.717) is 12.1 Å². The van der Waals surface area contributed by atoms with E-state index < -0.39 is 23.7 Å². The van der Waals surface area contributed by atoms with Crippen LogP contribution in [0.25, 0.3) is 11.3 Å². The van der Waals surface area contributed by atoms with Gasteiger partial charge in [0, 0.05) is 31.1 Å². The summed E-state index contributed by atoms with van der Waals surface area (Å²) in [5.74, 6) is -2.14. The Balaban J connectivity index is 1.87. The number of carboxylic acid groups (broad SMARTS) is 1. The van der Waals surface area contributed by atoms with Crippen LogP contribution < -0.4 is 5.73 Å². The van der Waals surface area contributed by atoms with Gasteiger partial charge in [0.05, 0.1) is 11.1 Å². The number of nitrogens with zero attached hydrogens (tertiary/aromatic N) is 2. The number of carbonyl (C=O) groups is 2. The van der Waals surface area contributed by atoms with E-state index in [2.05, 4.69) is 5.16 Å². The van der Waals surface area contributed by atoms with E-state index >= 15 is 0 Å². The maximum absolute atomic E-state index is 13.7. The molecule has 0 saturated heterocycles. The second-order valence-corrected chi connectivity index (χ2v) is 6.53. The number of aromatic carboxylic acids is 1. The molecule has 158 valence electrons. The van der Waals surface area contributed by atoms with Gasteiger partial charge < -0.3 is 25.0 Å². The van der Waals surface area contributed by atoms with Crippen molar-refractivity contribution in [3.05, 3.63) is 52.9 Å². The van der Waals surface area contributed by atoms with Gasteiger partial charge in [-0.3, -0.25) is 4.79 Å². The van der Waals surface area contributed by atoms with Gasteiger partial charge in [0.1, 0.15) is 28.6 Å². The van der Waals surface area contributed by atoms with Crippen LogP contribution in [0.2, 0.25) is 0 Å². The van der Waals surface area contributed by atoms with Gasteiger partial charge >= 0.3 is 5.97 Å². The van der Waals surface area contributed by atoms with Gasteiger partial charge in [-0.2, -0.15) is 0 Å². The Kier molecular flexibility index (Phi) is 5.86. The predicted molar refractivity (Wildman–Crippen MR) is 103 cm³/mol. The lowest BCUT2D eigenvalue weighted by Gasteiger charge is -2.04. The van der Waals surface area contributed by atoms with E-state index in [0.717, 1.165) is 0 Å². The summed E-state index contributed by atoms with van der Waals surface area (Å²) < 4.78 is 33.8. The minimum atomic E-state index is -2.91. The van der Waals surface area contributed by atoms with Crippen LogP contribution in [0.3, 0.4) is 0 Å². The van der Waals surface area contributed by atoms with E-state index in [1.807, 2.05) is 0 Å². The van der Waals surface area contributed by atoms with Crippen molar-refractivity contribution >= 4 is 17.6 Å². The summed E-state index contributed by atoms with van der Waals surface area (Å²) in [5, 5.41) is 22.4. The molecule has 3 aromatic rings. The van der Waals surface area contributed by atoms with Crippen molar-refractivity contribution in [2.24, 2.45) is 0 Å². The molecule has 0 aliphatic rings. The molecule has 0 aliphatic carbocycles. The molecule has 0 spiro atoms. The summed E-state index contributed by atoms with van der Waals surface area (Å²) in [7, 11) is 0. The number of phenols is 1. The number of aryl methyl sites for hydroxylation is 2. The molecule has 0 aliphatic heterocycles. The van der Waals surface area contributed by atoms with Crippen LogP contribution in [0.1, 0.15) is 51.8 Å². The number of rotatable bonds is 8. The lowest BCUT2D eigenvalue weighted by atomic mass is 10.0. The van der Waals surface area contributed by atoms with Crippen LogP contribution in [0, 0.1) is 0 Å². The minimum absolute atomic E-state index is 0.0285. The molecule has 0 amide bonds. The molecular weight excluding hydrogens is 400 g/mol. The number of aromatic nitrogens is 2. The molecule has 2 aromatic heterocycles. The Morgan fingerprint density at radius 1 is 1.27 bits per heavy atom. The first kappa shape index (κ1) is 21.0. The molecule has 2 heterocycles. The number of alkyl halides is 2. The molecule has 3 rings (SSSR count). The van der Waals surface area contributed by atoms with E-state index in [1.54, 1.807) is 6.92 Å². The molecule has 1 aromatic carbocycles. The van der Waals surface area contributed by atoms with Crippen LogP contribution in [0.15, 0.2) is 35.0 Å². The highest BCUT2D eigenvalue weighted by atomic mass is 19.3. The van der Waals surface area contributed by atoms with Crippen LogP contribution in [0.4, 0.5) is 14.6 Å². The maximum atomic E-state index is 13.7. The first-order valence-corrected chi connectivity index (χ1v) is 9.05. The minimum Gasteiger partial charge on any atom is -0.508 e. The summed E-state index contributed by atoms with van der Waals surface area (Å²) in [5.41, 5.74) is 5.19. The monoisotopic (exact) mass is 419 g/mol. The molecule has 0 atom stereocenters. The summed E-state index contributed by atoms with van der Waals surface area (Å²) >= 11 is 0. The fourth-order valence-corrected chi connectivity index (χ4v) is 3.20. The molecule has 0 radical (unpaired) electrons. The van der Waals surface area contributed by atoms with Crippen LogP contribution in [0.5, 0.6) is 5.75 Å². The van der Waals surface area contributed by atoms with Crippen molar-refractivity contribution in [1.29, 1.82) is 0 Å². The van der Waals surface area contributed by atoms with E-state index in [1.165, 1.54) is 35.0 Å². The van der Waals surface area contributed by atoms with Crippen molar-refractivity contribution in [2.75, 3.05) is 5.73 Å². The van der Waals surface area contributed by atoms with Crippen LogP contribution >= 0.6 is 0 Å². The smallest absolute Gasteiger partial charge is 0.340 e. The molecule has 10 heteroatoms. The molecule has 0 unspecified atom stereocenters.